The minimum atomic E-state index is -0.270. The van der Waals surface area contributed by atoms with Gasteiger partial charge in [0.05, 0.1) is 5.56 Å². The second-order valence-electron chi connectivity index (χ2n) is 9.53. The SMILES string of the molecule is C=C(C)C(=O)COc1ccc(C(=O)OC2CCC(C3CCC(CCC)CC3)CC2)cc1. The number of hydrogen-bond acceptors (Lipinski definition) is 4. The van der Waals surface area contributed by atoms with E-state index < -0.39 is 0 Å². The van der Waals surface area contributed by atoms with Crippen LogP contribution in [0, 0.1) is 17.8 Å². The summed E-state index contributed by atoms with van der Waals surface area (Å²) in [5.74, 6) is 2.81. The van der Waals surface area contributed by atoms with Gasteiger partial charge in [-0.3, -0.25) is 4.79 Å². The van der Waals surface area contributed by atoms with Crippen LogP contribution in [0.15, 0.2) is 36.4 Å². The molecule has 2 aliphatic carbocycles. The van der Waals surface area contributed by atoms with Crippen LogP contribution >= 0.6 is 0 Å². The Morgan fingerprint density at radius 3 is 2.06 bits per heavy atom. The van der Waals surface area contributed by atoms with Gasteiger partial charge in [-0.2, -0.15) is 0 Å². The lowest BCUT2D eigenvalue weighted by molar-refractivity contribution is -0.117. The summed E-state index contributed by atoms with van der Waals surface area (Å²) >= 11 is 0. The van der Waals surface area contributed by atoms with E-state index in [1.165, 1.54) is 51.4 Å². The van der Waals surface area contributed by atoms with Crippen LogP contribution in [0.4, 0.5) is 0 Å². The highest BCUT2D eigenvalue weighted by molar-refractivity contribution is 5.95. The van der Waals surface area contributed by atoms with Crippen molar-refractivity contribution in [2.75, 3.05) is 6.61 Å². The zero-order valence-electron chi connectivity index (χ0n) is 19.2. The number of carbonyl (C=O) groups is 2. The van der Waals surface area contributed by atoms with Crippen LogP contribution in [0.2, 0.25) is 0 Å². The lowest BCUT2D eigenvalue weighted by Crippen LogP contribution is -2.29. The van der Waals surface area contributed by atoms with Gasteiger partial charge in [0.15, 0.2) is 12.4 Å². The molecule has 0 unspecified atom stereocenters. The van der Waals surface area contributed by atoms with Crippen molar-refractivity contribution >= 4 is 11.8 Å². The molecule has 0 aromatic heterocycles. The third-order valence-corrected chi connectivity index (χ3v) is 7.18. The number of Topliss-reactive ketones (excluding diaryl/α,β-unsaturated/α-hetero) is 1. The van der Waals surface area contributed by atoms with Gasteiger partial charge in [-0.05, 0) is 93.0 Å². The Morgan fingerprint density at radius 1 is 0.935 bits per heavy atom. The van der Waals surface area contributed by atoms with Crippen LogP contribution in [0.25, 0.3) is 0 Å². The number of esters is 1. The largest absolute Gasteiger partial charge is 0.485 e. The molecule has 0 atom stereocenters. The topological polar surface area (TPSA) is 52.6 Å². The van der Waals surface area contributed by atoms with E-state index in [2.05, 4.69) is 13.5 Å². The number of carbonyl (C=O) groups excluding carboxylic acids is 2. The fourth-order valence-electron chi connectivity index (χ4n) is 5.21. The maximum atomic E-state index is 12.5. The minimum Gasteiger partial charge on any atom is -0.485 e. The van der Waals surface area contributed by atoms with E-state index in [0.29, 0.717) is 16.9 Å². The van der Waals surface area contributed by atoms with E-state index in [0.717, 1.165) is 30.6 Å². The number of ether oxygens (including phenoxy) is 2. The first-order chi connectivity index (χ1) is 15.0. The molecule has 31 heavy (non-hydrogen) atoms. The molecule has 4 heteroatoms. The van der Waals surface area contributed by atoms with Crippen LogP contribution in [0.1, 0.15) is 88.4 Å². The first-order valence-electron chi connectivity index (χ1n) is 12.1. The lowest BCUT2D eigenvalue weighted by atomic mass is 9.70. The van der Waals surface area contributed by atoms with Gasteiger partial charge < -0.3 is 9.47 Å². The summed E-state index contributed by atoms with van der Waals surface area (Å²) in [5.41, 5.74) is 0.994. The predicted octanol–water partition coefficient (Wildman–Crippen LogP) is 6.53. The highest BCUT2D eigenvalue weighted by Gasteiger charge is 2.31. The van der Waals surface area contributed by atoms with Crippen molar-refractivity contribution < 1.29 is 19.1 Å². The van der Waals surface area contributed by atoms with Crippen molar-refractivity contribution in [2.45, 2.75) is 84.2 Å². The van der Waals surface area contributed by atoms with Crippen molar-refractivity contribution in [3.63, 3.8) is 0 Å². The van der Waals surface area contributed by atoms with Crippen LogP contribution in [0.3, 0.4) is 0 Å². The Bertz CT molecular complexity index is 735. The van der Waals surface area contributed by atoms with Gasteiger partial charge in [-0.15, -0.1) is 0 Å². The Hall–Kier alpha value is -2.10. The van der Waals surface area contributed by atoms with E-state index in [1.807, 2.05) is 0 Å². The van der Waals surface area contributed by atoms with Crippen molar-refractivity contribution in [3.8, 4) is 5.75 Å². The van der Waals surface area contributed by atoms with Gasteiger partial charge in [0, 0.05) is 0 Å². The van der Waals surface area contributed by atoms with Gasteiger partial charge in [-0.25, -0.2) is 4.79 Å². The van der Waals surface area contributed by atoms with Crippen LogP contribution in [0.5, 0.6) is 5.75 Å². The zero-order chi connectivity index (χ0) is 22.2. The molecule has 170 valence electrons. The van der Waals surface area contributed by atoms with Crippen molar-refractivity contribution in [2.24, 2.45) is 17.8 Å². The monoisotopic (exact) mass is 426 g/mol. The maximum Gasteiger partial charge on any atom is 0.338 e. The molecule has 0 radical (unpaired) electrons. The van der Waals surface area contributed by atoms with Crippen molar-refractivity contribution in [3.05, 3.63) is 42.0 Å². The second kappa shape index (κ2) is 11.5. The van der Waals surface area contributed by atoms with E-state index in [-0.39, 0.29) is 24.5 Å². The van der Waals surface area contributed by atoms with E-state index in [9.17, 15) is 9.59 Å². The minimum absolute atomic E-state index is 0.0318. The molecule has 0 saturated heterocycles. The molecule has 0 spiro atoms. The van der Waals surface area contributed by atoms with Gasteiger partial charge in [0.1, 0.15) is 11.9 Å². The third-order valence-electron chi connectivity index (χ3n) is 7.18. The van der Waals surface area contributed by atoms with E-state index in [4.69, 9.17) is 9.47 Å². The number of rotatable bonds is 9. The average molecular weight is 427 g/mol. The van der Waals surface area contributed by atoms with Gasteiger partial charge >= 0.3 is 5.97 Å². The van der Waals surface area contributed by atoms with Crippen molar-refractivity contribution in [1.29, 1.82) is 0 Å². The third kappa shape index (κ3) is 6.95. The van der Waals surface area contributed by atoms with Crippen LogP contribution in [-0.2, 0) is 9.53 Å². The molecule has 0 aliphatic heterocycles. The smallest absolute Gasteiger partial charge is 0.338 e. The Balaban J connectivity index is 1.40. The zero-order valence-corrected chi connectivity index (χ0v) is 19.2. The summed E-state index contributed by atoms with van der Waals surface area (Å²) in [4.78, 5) is 24.1. The fraction of sp³-hybridized carbons (Fsp3) is 0.630. The summed E-state index contributed by atoms with van der Waals surface area (Å²) in [6, 6.07) is 6.80. The number of hydrogen-bond donors (Lipinski definition) is 0. The summed E-state index contributed by atoms with van der Waals surface area (Å²) in [6.45, 7) is 7.53. The van der Waals surface area contributed by atoms with Gasteiger partial charge in [0.25, 0.3) is 0 Å². The highest BCUT2D eigenvalue weighted by Crippen LogP contribution is 2.41. The van der Waals surface area contributed by atoms with E-state index >= 15 is 0 Å². The van der Waals surface area contributed by atoms with E-state index in [1.54, 1.807) is 31.2 Å². The Labute approximate surface area is 187 Å². The first kappa shape index (κ1) is 23.6. The summed E-state index contributed by atoms with van der Waals surface area (Å²) in [6.07, 6.45) is 12.7. The summed E-state index contributed by atoms with van der Waals surface area (Å²) < 4.78 is 11.2. The molecule has 2 saturated carbocycles. The van der Waals surface area contributed by atoms with Crippen LogP contribution in [-0.4, -0.2) is 24.5 Å². The molecule has 0 heterocycles. The average Bonchev–Trinajstić information content (AvgIpc) is 2.79. The van der Waals surface area contributed by atoms with Gasteiger partial charge in [0.2, 0.25) is 0 Å². The highest BCUT2D eigenvalue weighted by atomic mass is 16.5. The molecule has 1 aromatic rings. The molecule has 0 amide bonds. The second-order valence-corrected chi connectivity index (χ2v) is 9.53. The molecular formula is C27H38O4. The molecule has 0 N–H and O–H groups in total. The quantitative estimate of drug-likeness (QED) is 0.333. The molecule has 2 aliphatic rings. The molecule has 0 bridgehead atoms. The molecule has 3 rings (SSSR count). The van der Waals surface area contributed by atoms with Gasteiger partial charge in [-0.1, -0.05) is 39.2 Å². The first-order valence-corrected chi connectivity index (χ1v) is 12.1. The number of ketones is 1. The van der Waals surface area contributed by atoms with Crippen LogP contribution < -0.4 is 4.74 Å². The standard InChI is InChI=1S/C27H38O4/c1-4-5-20-6-8-21(9-7-20)22-10-16-25(17-11-22)31-27(29)23-12-14-24(15-13-23)30-18-26(28)19(2)3/h12-15,20-22,25H,2,4-11,16-18H2,1,3H3. The predicted molar refractivity (Wildman–Crippen MR) is 123 cm³/mol. The molecule has 1 aromatic carbocycles. The molecule has 2 fully saturated rings. The summed E-state index contributed by atoms with van der Waals surface area (Å²) in [7, 11) is 0. The number of benzene rings is 1. The fourth-order valence-corrected chi connectivity index (χ4v) is 5.21. The maximum absolute atomic E-state index is 12.5. The molecule has 4 nitrogen and oxygen atoms in total. The summed E-state index contributed by atoms with van der Waals surface area (Å²) in [5, 5.41) is 0. The lowest BCUT2D eigenvalue weighted by Gasteiger charge is -2.37. The Kier molecular flexibility index (Phi) is 8.74. The van der Waals surface area contributed by atoms with Crippen molar-refractivity contribution in [1.82, 2.24) is 0 Å². The molecular weight excluding hydrogens is 388 g/mol. The Morgan fingerprint density at radius 2 is 1.52 bits per heavy atom. The normalized spacial score (nSPS) is 26.1.